The van der Waals surface area contributed by atoms with Crippen molar-refractivity contribution in [2.24, 2.45) is 0 Å². The maximum Gasteiger partial charge on any atom is 0.319 e. The van der Waals surface area contributed by atoms with E-state index in [0.29, 0.717) is 13.2 Å². The molecule has 0 saturated carbocycles. The number of ether oxygens (including phenoxy) is 1. The van der Waals surface area contributed by atoms with Gasteiger partial charge in [0.05, 0.1) is 6.54 Å². The van der Waals surface area contributed by atoms with Crippen LogP contribution in [0.2, 0.25) is 0 Å². The highest BCUT2D eigenvalue weighted by molar-refractivity contribution is 5.89. The third-order valence-corrected chi connectivity index (χ3v) is 3.13. The van der Waals surface area contributed by atoms with Crippen LogP contribution in [0, 0.1) is 13.8 Å². The molecule has 2 rings (SSSR count). The van der Waals surface area contributed by atoms with Gasteiger partial charge in [-0.1, -0.05) is 36.4 Å². The lowest BCUT2D eigenvalue weighted by Gasteiger charge is -2.11. The van der Waals surface area contributed by atoms with Crippen LogP contribution in [-0.2, 0) is 0 Å². The Labute approximate surface area is 125 Å². The normalized spacial score (nSPS) is 10.0. The number of hydrogen-bond acceptors (Lipinski definition) is 2. The number of para-hydroxylation sites is 2. The minimum Gasteiger partial charge on any atom is -0.491 e. The number of urea groups is 1. The largest absolute Gasteiger partial charge is 0.491 e. The van der Waals surface area contributed by atoms with Crippen molar-refractivity contribution in [3.63, 3.8) is 0 Å². The standard InChI is InChI=1S/C17H20N2O2/c1-13-7-3-5-9-15(13)19-17(20)18-11-12-21-16-10-6-4-8-14(16)2/h3-10H,11-12H2,1-2H3,(H2,18,19,20). The lowest BCUT2D eigenvalue weighted by molar-refractivity contribution is 0.247. The maximum absolute atomic E-state index is 11.8. The number of hydrogen-bond donors (Lipinski definition) is 2. The van der Waals surface area contributed by atoms with Crippen LogP contribution in [0.15, 0.2) is 48.5 Å². The maximum atomic E-state index is 11.8. The molecule has 2 amide bonds. The van der Waals surface area contributed by atoms with E-state index in [2.05, 4.69) is 10.6 Å². The van der Waals surface area contributed by atoms with E-state index in [9.17, 15) is 4.79 Å². The van der Waals surface area contributed by atoms with Gasteiger partial charge >= 0.3 is 6.03 Å². The summed E-state index contributed by atoms with van der Waals surface area (Å²) in [5, 5.41) is 5.59. The van der Waals surface area contributed by atoms with Crippen molar-refractivity contribution >= 4 is 11.7 Å². The highest BCUT2D eigenvalue weighted by Crippen LogP contribution is 2.15. The molecular formula is C17H20N2O2. The Hall–Kier alpha value is -2.49. The number of aryl methyl sites for hydroxylation is 2. The first-order valence-corrected chi connectivity index (χ1v) is 6.96. The van der Waals surface area contributed by atoms with E-state index in [1.165, 1.54) is 0 Å². The fraction of sp³-hybridized carbons (Fsp3) is 0.235. The number of carbonyl (C=O) groups is 1. The molecule has 4 nitrogen and oxygen atoms in total. The van der Waals surface area contributed by atoms with Crippen LogP contribution in [0.4, 0.5) is 10.5 Å². The molecule has 0 fully saturated rings. The summed E-state index contributed by atoms with van der Waals surface area (Å²) >= 11 is 0. The van der Waals surface area contributed by atoms with Gasteiger partial charge in [0.1, 0.15) is 12.4 Å². The molecule has 0 heterocycles. The van der Waals surface area contributed by atoms with Gasteiger partial charge in [-0.05, 0) is 37.1 Å². The molecular weight excluding hydrogens is 264 g/mol. The molecule has 4 heteroatoms. The summed E-state index contributed by atoms with van der Waals surface area (Å²) in [4.78, 5) is 11.8. The second-order valence-electron chi connectivity index (χ2n) is 4.81. The first-order chi connectivity index (χ1) is 10.2. The first-order valence-electron chi connectivity index (χ1n) is 6.96. The van der Waals surface area contributed by atoms with Crippen molar-refractivity contribution in [2.75, 3.05) is 18.5 Å². The summed E-state index contributed by atoms with van der Waals surface area (Å²) in [5.74, 6) is 0.846. The van der Waals surface area contributed by atoms with Crippen LogP contribution < -0.4 is 15.4 Å². The molecule has 2 N–H and O–H groups in total. The van der Waals surface area contributed by atoms with Crippen molar-refractivity contribution in [1.82, 2.24) is 5.32 Å². The average Bonchev–Trinajstić information content (AvgIpc) is 2.48. The van der Waals surface area contributed by atoms with E-state index < -0.39 is 0 Å². The Morgan fingerprint density at radius 2 is 1.67 bits per heavy atom. The Kier molecular flexibility index (Phi) is 5.21. The van der Waals surface area contributed by atoms with Crippen molar-refractivity contribution in [1.29, 1.82) is 0 Å². The molecule has 0 atom stereocenters. The van der Waals surface area contributed by atoms with Crippen LogP contribution in [0.25, 0.3) is 0 Å². The van der Waals surface area contributed by atoms with Gasteiger partial charge in [0.2, 0.25) is 0 Å². The van der Waals surface area contributed by atoms with E-state index in [-0.39, 0.29) is 6.03 Å². The summed E-state index contributed by atoms with van der Waals surface area (Å²) in [6.45, 7) is 4.84. The molecule has 2 aromatic carbocycles. The monoisotopic (exact) mass is 284 g/mol. The van der Waals surface area contributed by atoms with Gasteiger partial charge < -0.3 is 15.4 Å². The smallest absolute Gasteiger partial charge is 0.319 e. The van der Waals surface area contributed by atoms with Gasteiger partial charge in [-0.15, -0.1) is 0 Å². The molecule has 0 spiro atoms. The summed E-state index contributed by atoms with van der Waals surface area (Å²) in [7, 11) is 0. The van der Waals surface area contributed by atoms with Crippen LogP contribution >= 0.6 is 0 Å². The van der Waals surface area contributed by atoms with E-state index >= 15 is 0 Å². The molecule has 0 radical (unpaired) electrons. The minimum atomic E-state index is -0.224. The van der Waals surface area contributed by atoms with Crippen molar-refractivity contribution in [3.05, 3.63) is 59.7 Å². The van der Waals surface area contributed by atoms with Gasteiger partial charge in [-0.25, -0.2) is 4.79 Å². The Balaban J connectivity index is 1.73. The average molecular weight is 284 g/mol. The third kappa shape index (κ3) is 4.53. The zero-order chi connectivity index (χ0) is 15.1. The second kappa shape index (κ2) is 7.33. The van der Waals surface area contributed by atoms with Gasteiger partial charge in [0.25, 0.3) is 0 Å². The van der Waals surface area contributed by atoms with E-state index in [1.54, 1.807) is 0 Å². The van der Waals surface area contributed by atoms with Crippen LogP contribution in [0.3, 0.4) is 0 Å². The van der Waals surface area contributed by atoms with Crippen LogP contribution in [0.5, 0.6) is 5.75 Å². The summed E-state index contributed by atoms with van der Waals surface area (Å²) in [6, 6.07) is 15.2. The van der Waals surface area contributed by atoms with Crippen LogP contribution in [-0.4, -0.2) is 19.2 Å². The fourth-order valence-corrected chi connectivity index (χ4v) is 1.92. The predicted octanol–water partition coefficient (Wildman–Crippen LogP) is 3.50. The zero-order valence-corrected chi connectivity index (χ0v) is 12.3. The third-order valence-electron chi connectivity index (χ3n) is 3.13. The zero-order valence-electron chi connectivity index (χ0n) is 12.3. The SMILES string of the molecule is Cc1ccccc1NC(=O)NCCOc1ccccc1C. The Bertz CT molecular complexity index is 611. The van der Waals surface area contributed by atoms with Crippen LogP contribution in [0.1, 0.15) is 11.1 Å². The molecule has 21 heavy (non-hydrogen) atoms. The summed E-state index contributed by atoms with van der Waals surface area (Å²) < 4.78 is 5.62. The molecule has 0 aliphatic carbocycles. The van der Waals surface area contributed by atoms with Crippen molar-refractivity contribution < 1.29 is 9.53 Å². The number of nitrogens with one attached hydrogen (secondary N) is 2. The second-order valence-corrected chi connectivity index (χ2v) is 4.81. The highest BCUT2D eigenvalue weighted by atomic mass is 16.5. The lowest BCUT2D eigenvalue weighted by Crippen LogP contribution is -2.32. The van der Waals surface area contributed by atoms with Crippen molar-refractivity contribution in [2.45, 2.75) is 13.8 Å². The molecule has 0 aliphatic heterocycles. The number of benzene rings is 2. The van der Waals surface area contributed by atoms with Crippen molar-refractivity contribution in [3.8, 4) is 5.75 Å². The first kappa shape index (κ1) is 14.9. The van der Waals surface area contributed by atoms with E-state index in [4.69, 9.17) is 4.74 Å². The molecule has 2 aromatic rings. The summed E-state index contributed by atoms with van der Waals surface area (Å²) in [5.41, 5.74) is 2.93. The van der Waals surface area contributed by atoms with Gasteiger partial charge in [0, 0.05) is 5.69 Å². The fourth-order valence-electron chi connectivity index (χ4n) is 1.92. The van der Waals surface area contributed by atoms with Gasteiger partial charge in [-0.2, -0.15) is 0 Å². The topological polar surface area (TPSA) is 50.4 Å². The highest BCUT2D eigenvalue weighted by Gasteiger charge is 2.03. The van der Waals surface area contributed by atoms with E-state index in [1.807, 2.05) is 62.4 Å². The lowest BCUT2D eigenvalue weighted by atomic mass is 10.2. The Morgan fingerprint density at radius 3 is 2.38 bits per heavy atom. The summed E-state index contributed by atoms with van der Waals surface area (Å²) in [6.07, 6.45) is 0. The molecule has 0 unspecified atom stereocenters. The minimum absolute atomic E-state index is 0.224. The number of carbonyl (C=O) groups excluding carboxylic acids is 1. The Morgan fingerprint density at radius 1 is 1.00 bits per heavy atom. The number of rotatable bonds is 5. The van der Waals surface area contributed by atoms with Gasteiger partial charge in [-0.3, -0.25) is 0 Å². The van der Waals surface area contributed by atoms with Gasteiger partial charge in [0.15, 0.2) is 0 Å². The quantitative estimate of drug-likeness (QED) is 0.826. The molecule has 110 valence electrons. The molecule has 0 aliphatic rings. The van der Waals surface area contributed by atoms with E-state index in [0.717, 1.165) is 22.6 Å². The number of anilines is 1. The number of amides is 2. The molecule has 0 aromatic heterocycles. The molecule has 0 bridgehead atoms. The molecule has 0 saturated heterocycles. The predicted molar refractivity (Wildman–Crippen MR) is 84.9 cm³/mol.